The molecule has 8 nitrogen and oxygen atoms in total. The number of fused-ring (bicyclic) bond motifs is 4. The van der Waals surface area contributed by atoms with Crippen LogP contribution in [-0.2, 0) is 19.9 Å². The zero-order chi connectivity index (χ0) is 27.9. The lowest BCUT2D eigenvalue weighted by molar-refractivity contribution is -0.153. The maximum absolute atomic E-state index is 14.9. The molecule has 2 aromatic carbocycles. The van der Waals surface area contributed by atoms with Gasteiger partial charge in [0.25, 0.3) is 11.8 Å². The summed E-state index contributed by atoms with van der Waals surface area (Å²) >= 11 is 24.9. The lowest BCUT2D eigenvalue weighted by Gasteiger charge is -2.36. The standard InChI is InChI=1S/C24H19Cl4F2N3O5/c1-32(10-5-13(27)19(38-2)14(28)6-10)20(34)16-15-7-23(29,30)8-33(15)24(17(16)21(35)36)11-3-9(25)4-12(26)18(11)31-22(24)37/h3-6,15-17H,7-8H2,1-2H3,(H,31,37)(H,35,36)/t15-,16+,17?,24+/m1/s1. The molecule has 2 amide bonds. The molecule has 38 heavy (non-hydrogen) atoms. The van der Waals surface area contributed by atoms with Crippen LogP contribution in [0.25, 0.3) is 0 Å². The molecule has 0 bridgehead atoms. The molecule has 3 aliphatic rings. The molecule has 3 heterocycles. The summed E-state index contributed by atoms with van der Waals surface area (Å²) in [7, 11) is 2.70. The summed E-state index contributed by atoms with van der Waals surface area (Å²) in [6, 6.07) is 4.13. The zero-order valence-electron chi connectivity index (χ0n) is 19.7. The number of halogens is 6. The Labute approximate surface area is 235 Å². The van der Waals surface area contributed by atoms with E-state index in [1.54, 1.807) is 0 Å². The van der Waals surface area contributed by atoms with Crippen molar-refractivity contribution in [1.29, 1.82) is 0 Å². The Morgan fingerprint density at radius 1 is 1.13 bits per heavy atom. The number of carboxylic acids is 1. The minimum atomic E-state index is -3.30. The molecule has 14 heteroatoms. The van der Waals surface area contributed by atoms with Crippen molar-refractivity contribution in [3.63, 3.8) is 0 Å². The number of nitrogens with one attached hydrogen (secondary N) is 1. The average Bonchev–Trinajstić information content (AvgIpc) is 3.39. The number of benzene rings is 2. The fourth-order valence-electron chi connectivity index (χ4n) is 6.07. The topological polar surface area (TPSA) is 99.2 Å². The van der Waals surface area contributed by atoms with Gasteiger partial charge in [-0.2, -0.15) is 0 Å². The summed E-state index contributed by atoms with van der Waals surface area (Å²) in [5.41, 5.74) is -1.88. The van der Waals surface area contributed by atoms with Crippen LogP contribution in [0.3, 0.4) is 0 Å². The van der Waals surface area contributed by atoms with E-state index in [1.165, 1.54) is 38.4 Å². The van der Waals surface area contributed by atoms with Crippen molar-refractivity contribution in [3.05, 3.63) is 49.9 Å². The second kappa shape index (κ2) is 9.09. The van der Waals surface area contributed by atoms with Gasteiger partial charge in [0.15, 0.2) is 5.75 Å². The number of methoxy groups -OCH3 is 1. The first-order valence-electron chi connectivity index (χ1n) is 11.2. The molecule has 2 N–H and O–H groups in total. The Morgan fingerprint density at radius 2 is 1.76 bits per heavy atom. The van der Waals surface area contributed by atoms with Crippen molar-refractivity contribution in [3.8, 4) is 5.75 Å². The van der Waals surface area contributed by atoms with E-state index < -0.39 is 60.1 Å². The number of hydrogen-bond donors (Lipinski definition) is 2. The van der Waals surface area contributed by atoms with E-state index in [2.05, 4.69) is 5.32 Å². The molecule has 2 fully saturated rings. The van der Waals surface area contributed by atoms with Gasteiger partial charge in [0.2, 0.25) is 5.91 Å². The molecule has 5 rings (SSSR count). The van der Waals surface area contributed by atoms with E-state index in [-0.39, 0.29) is 42.8 Å². The van der Waals surface area contributed by atoms with E-state index in [4.69, 9.17) is 51.1 Å². The summed E-state index contributed by atoms with van der Waals surface area (Å²) in [5.74, 6) is -9.64. The van der Waals surface area contributed by atoms with Crippen molar-refractivity contribution >= 4 is 75.6 Å². The maximum Gasteiger partial charge on any atom is 0.310 e. The van der Waals surface area contributed by atoms with Crippen LogP contribution in [0, 0.1) is 11.8 Å². The predicted octanol–water partition coefficient (Wildman–Crippen LogP) is 5.16. The molecule has 0 aromatic heterocycles. The minimum Gasteiger partial charge on any atom is -0.494 e. The largest absolute Gasteiger partial charge is 0.494 e. The van der Waals surface area contributed by atoms with Crippen LogP contribution in [0.4, 0.5) is 20.2 Å². The van der Waals surface area contributed by atoms with Crippen molar-refractivity contribution in [2.45, 2.75) is 23.9 Å². The molecule has 1 unspecified atom stereocenters. The van der Waals surface area contributed by atoms with E-state index in [9.17, 15) is 28.3 Å². The van der Waals surface area contributed by atoms with Crippen molar-refractivity contribution in [1.82, 2.24) is 4.90 Å². The van der Waals surface area contributed by atoms with Crippen LogP contribution in [0.15, 0.2) is 24.3 Å². The van der Waals surface area contributed by atoms with E-state index in [0.29, 0.717) is 0 Å². The number of carboxylic acid groups (broad SMARTS) is 1. The highest BCUT2D eigenvalue weighted by atomic mass is 35.5. The number of rotatable bonds is 4. The Hall–Kier alpha value is -2.37. The molecule has 0 saturated carbocycles. The highest BCUT2D eigenvalue weighted by molar-refractivity contribution is 6.38. The minimum absolute atomic E-state index is 0.0128. The van der Waals surface area contributed by atoms with Gasteiger partial charge in [0.1, 0.15) is 11.5 Å². The van der Waals surface area contributed by atoms with E-state index in [0.717, 1.165) is 9.80 Å². The van der Waals surface area contributed by atoms with Gasteiger partial charge in [0.05, 0.1) is 40.3 Å². The third-order valence-corrected chi connectivity index (χ3v) is 8.57. The van der Waals surface area contributed by atoms with Crippen LogP contribution in [0.1, 0.15) is 12.0 Å². The number of aliphatic carboxylic acids is 1. The number of alkyl halides is 2. The van der Waals surface area contributed by atoms with Gasteiger partial charge >= 0.3 is 5.97 Å². The summed E-state index contributed by atoms with van der Waals surface area (Å²) < 4.78 is 34.9. The third kappa shape index (κ3) is 3.76. The van der Waals surface area contributed by atoms with Gasteiger partial charge < -0.3 is 20.1 Å². The zero-order valence-corrected chi connectivity index (χ0v) is 22.7. The fourth-order valence-corrected chi connectivity index (χ4v) is 7.24. The highest BCUT2D eigenvalue weighted by Crippen LogP contribution is 2.61. The average molecular weight is 609 g/mol. The first-order chi connectivity index (χ1) is 17.7. The monoisotopic (exact) mass is 607 g/mol. The van der Waals surface area contributed by atoms with E-state index in [1.807, 2.05) is 0 Å². The SMILES string of the molecule is COc1c(Cl)cc(N(C)C(=O)[C@@H]2C(C(=O)O)[C@@]3(C(=O)Nc4c(Cl)cc(Cl)cc43)N3CC(F)(F)C[C@H]23)cc1Cl. The lowest BCUT2D eigenvalue weighted by Crippen LogP contribution is -2.54. The van der Waals surface area contributed by atoms with Gasteiger partial charge in [-0.05, 0) is 24.3 Å². The summed E-state index contributed by atoms with van der Waals surface area (Å²) in [6.07, 6.45) is -0.830. The number of hydrogen-bond acceptors (Lipinski definition) is 5. The summed E-state index contributed by atoms with van der Waals surface area (Å²) in [5, 5.41) is 13.2. The van der Waals surface area contributed by atoms with Gasteiger partial charge in [-0.15, -0.1) is 0 Å². The fraction of sp³-hybridized carbons (Fsp3) is 0.375. The lowest BCUT2D eigenvalue weighted by atomic mass is 9.73. The predicted molar refractivity (Wildman–Crippen MR) is 138 cm³/mol. The van der Waals surface area contributed by atoms with Gasteiger partial charge in [-0.1, -0.05) is 46.4 Å². The molecule has 0 radical (unpaired) electrons. The molecule has 4 atom stereocenters. The van der Waals surface area contributed by atoms with Crippen LogP contribution in [-0.4, -0.2) is 60.5 Å². The van der Waals surface area contributed by atoms with Crippen LogP contribution in [0.2, 0.25) is 20.1 Å². The van der Waals surface area contributed by atoms with Gasteiger partial charge in [-0.3, -0.25) is 19.3 Å². The van der Waals surface area contributed by atoms with Crippen molar-refractivity contribution in [2.24, 2.45) is 11.8 Å². The van der Waals surface area contributed by atoms with Crippen molar-refractivity contribution < 1.29 is 33.0 Å². The van der Waals surface area contributed by atoms with Gasteiger partial charge in [-0.25, -0.2) is 8.78 Å². The molecular formula is C24H19Cl4F2N3O5. The van der Waals surface area contributed by atoms with Crippen LogP contribution in [0.5, 0.6) is 5.75 Å². The first-order valence-corrected chi connectivity index (χ1v) is 12.7. The number of anilines is 2. The first kappa shape index (κ1) is 27.2. The quantitative estimate of drug-likeness (QED) is 0.498. The Balaban J connectivity index is 1.69. The second-order valence-electron chi connectivity index (χ2n) is 9.47. The van der Waals surface area contributed by atoms with Crippen LogP contribution >= 0.6 is 46.4 Å². The number of ether oxygens (including phenoxy) is 1. The third-order valence-electron chi connectivity index (χ3n) is 7.49. The van der Waals surface area contributed by atoms with Crippen LogP contribution < -0.4 is 15.0 Å². The Kier molecular flexibility index (Phi) is 6.51. The molecule has 1 spiro atoms. The number of carbonyl (C=O) groups excluding carboxylic acids is 2. The Bertz CT molecular complexity index is 1390. The molecule has 3 aliphatic heterocycles. The van der Waals surface area contributed by atoms with Gasteiger partial charge in [0, 0.05) is 35.8 Å². The summed E-state index contributed by atoms with van der Waals surface area (Å²) in [6.45, 7) is -0.938. The van der Waals surface area contributed by atoms with E-state index >= 15 is 0 Å². The molecule has 202 valence electrons. The molecule has 0 aliphatic carbocycles. The Morgan fingerprint density at radius 3 is 2.34 bits per heavy atom. The molecule has 2 saturated heterocycles. The molecule has 2 aromatic rings. The number of nitrogens with zero attached hydrogens (tertiary/aromatic N) is 2. The summed E-state index contributed by atoms with van der Waals surface area (Å²) in [4.78, 5) is 42.7. The highest BCUT2D eigenvalue weighted by Gasteiger charge is 2.74. The molecular weight excluding hydrogens is 590 g/mol. The van der Waals surface area contributed by atoms with Crippen molar-refractivity contribution in [2.75, 3.05) is 30.9 Å². The smallest absolute Gasteiger partial charge is 0.310 e. The number of amides is 2. The normalized spacial score (nSPS) is 27.3. The second-order valence-corrected chi connectivity index (χ2v) is 11.1. The number of carbonyl (C=O) groups is 3. The maximum atomic E-state index is 14.9.